The van der Waals surface area contributed by atoms with Crippen LogP contribution in [0.2, 0.25) is 0 Å². The molecule has 1 aliphatic rings. The molecule has 0 aliphatic heterocycles. The van der Waals surface area contributed by atoms with Crippen molar-refractivity contribution in [3.8, 4) is 0 Å². The van der Waals surface area contributed by atoms with Crippen LogP contribution >= 0.6 is 0 Å². The summed E-state index contributed by atoms with van der Waals surface area (Å²) in [5.74, 6) is 0. The van der Waals surface area contributed by atoms with Gasteiger partial charge in [-0.3, -0.25) is 0 Å². The summed E-state index contributed by atoms with van der Waals surface area (Å²) in [6, 6.07) is 0. The SMILES string of the molecule is COC1C=CC=CC1(O)[As](=O)(O)O. The molecule has 0 saturated carbocycles. The maximum absolute atomic E-state index is 11.0. The Morgan fingerprint density at radius 3 is 2.46 bits per heavy atom. The third-order valence-corrected chi connectivity index (χ3v) is 4.68. The quantitative estimate of drug-likeness (QED) is 0.533. The molecule has 3 N–H and O–H groups in total. The summed E-state index contributed by atoms with van der Waals surface area (Å²) >= 11 is -5.27. The Morgan fingerprint density at radius 2 is 2.08 bits per heavy atom. The van der Waals surface area contributed by atoms with Gasteiger partial charge >= 0.3 is 77.9 Å². The van der Waals surface area contributed by atoms with Crippen molar-refractivity contribution in [1.29, 1.82) is 0 Å². The summed E-state index contributed by atoms with van der Waals surface area (Å²) < 4.78 is 31.5. The van der Waals surface area contributed by atoms with Gasteiger partial charge in [-0.15, -0.1) is 0 Å². The molecular formula is C7H11AsO5. The first-order valence-corrected chi connectivity index (χ1v) is 6.97. The Hall–Kier alpha value is -0.322. The molecular weight excluding hydrogens is 239 g/mol. The fourth-order valence-electron chi connectivity index (χ4n) is 1.11. The van der Waals surface area contributed by atoms with Gasteiger partial charge in [0.05, 0.1) is 0 Å². The van der Waals surface area contributed by atoms with Crippen LogP contribution in [0.1, 0.15) is 0 Å². The van der Waals surface area contributed by atoms with Gasteiger partial charge in [-0.05, 0) is 0 Å². The summed E-state index contributed by atoms with van der Waals surface area (Å²) in [5.41, 5.74) is 0. The van der Waals surface area contributed by atoms with E-state index in [9.17, 15) is 8.85 Å². The van der Waals surface area contributed by atoms with E-state index in [2.05, 4.69) is 0 Å². The summed E-state index contributed by atoms with van der Waals surface area (Å²) in [5, 5.41) is 9.67. The second-order valence-corrected chi connectivity index (χ2v) is 6.51. The van der Waals surface area contributed by atoms with Gasteiger partial charge in [0.1, 0.15) is 0 Å². The number of hydrogen-bond donors (Lipinski definition) is 3. The predicted octanol–water partition coefficient (Wildman–Crippen LogP) is -1.25. The van der Waals surface area contributed by atoms with Gasteiger partial charge in [-0.1, -0.05) is 0 Å². The van der Waals surface area contributed by atoms with E-state index in [1.165, 1.54) is 19.3 Å². The predicted molar refractivity (Wildman–Crippen MR) is 44.9 cm³/mol. The van der Waals surface area contributed by atoms with Crippen LogP contribution in [0.4, 0.5) is 0 Å². The van der Waals surface area contributed by atoms with E-state index in [0.29, 0.717) is 0 Å². The molecule has 0 bridgehead atoms. The molecule has 5 nitrogen and oxygen atoms in total. The van der Waals surface area contributed by atoms with Crippen LogP contribution in [0, 0.1) is 0 Å². The third kappa shape index (κ3) is 1.80. The van der Waals surface area contributed by atoms with E-state index in [0.717, 1.165) is 6.08 Å². The maximum atomic E-state index is 11.0. The van der Waals surface area contributed by atoms with Crippen molar-refractivity contribution < 1.29 is 21.8 Å². The van der Waals surface area contributed by atoms with Gasteiger partial charge in [-0.25, -0.2) is 0 Å². The summed E-state index contributed by atoms with van der Waals surface area (Å²) in [7, 11) is 1.28. The molecule has 2 atom stereocenters. The number of ether oxygens (including phenoxy) is 1. The van der Waals surface area contributed by atoms with E-state index in [1.807, 2.05) is 0 Å². The van der Waals surface area contributed by atoms with E-state index in [-0.39, 0.29) is 0 Å². The topological polar surface area (TPSA) is 87.0 Å². The van der Waals surface area contributed by atoms with Crippen molar-refractivity contribution in [3.63, 3.8) is 0 Å². The fraction of sp³-hybridized carbons (Fsp3) is 0.429. The number of aliphatic hydroxyl groups is 1. The molecule has 0 radical (unpaired) electrons. The van der Waals surface area contributed by atoms with Crippen molar-refractivity contribution in [3.05, 3.63) is 24.3 Å². The zero-order valence-corrected chi connectivity index (χ0v) is 8.87. The molecule has 0 aromatic rings. The first-order valence-electron chi connectivity index (χ1n) is 3.58. The van der Waals surface area contributed by atoms with Crippen LogP contribution < -0.4 is 0 Å². The number of hydrogen-bond acceptors (Lipinski definition) is 3. The molecule has 0 amide bonds. The van der Waals surface area contributed by atoms with Crippen LogP contribution in [0.25, 0.3) is 0 Å². The van der Waals surface area contributed by atoms with Gasteiger partial charge in [0, 0.05) is 0 Å². The zero-order valence-electron chi connectivity index (χ0n) is 6.99. The number of allylic oxidation sites excluding steroid dienone is 2. The second kappa shape index (κ2) is 3.44. The van der Waals surface area contributed by atoms with Gasteiger partial charge in [0.15, 0.2) is 0 Å². The molecule has 2 unspecified atom stereocenters. The molecule has 0 aromatic heterocycles. The fourth-order valence-corrected chi connectivity index (χ4v) is 2.80. The summed E-state index contributed by atoms with van der Waals surface area (Å²) in [6.45, 7) is 0. The average molecular weight is 250 g/mol. The van der Waals surface area contributed by atoms with Crippen molar-refractivity contribution in [2.75, 3.05) is 7.11 Å². The van der Waals surface area contributed by atoms with Crippen LogP contribution in [0.3, 0.4) is 0 Å². The van der Waals surface area contributed by atoms with E-state index < -0.39 is 24.7 Å². The van der Waals surface area contributed by atoms with Crippen molar-refractivity contribution in [2.24, 2.45) is 0 Å². The van der Waals surface area contributed by atoms with Crippen LogP contribution in [0.5, 0.6) is 0 Å². The summed E-state index contributed by atoms with van der Waals surface area (Å²) in [4.78, 5) is 0. The second-order valence-electron chi connectivity index (χ2n) is 2.73. The average Bonchev–Trinajstić information content (AvgIpc) is 2.03. The van der Waals surface area contributed by atoms with Crippen molar-refractivity contribution in [1.82, 2.24) is 0 Å². The van der Waals surface area contributed by atoms with Gasteiger partial charge in [0.25, 0.3) is 0 Å². The van der Waals surface area contributed by atoms with Crippen molar-refractivity contribution in [2.45, 2.75) is 10.5 Å². The molecule has 0 saturated heterocycles. The molecule has 1 aliphatic carbocycles. The monoisotopic (exact) mass is 250 g/mol. The van der Waals surface area contributed by atoms with E-state index in [4.69, 9.17) is 12.9 Å². The molecule has 74 valence electrons. The molecule has 0 spiro atoms. The standard InChI is InChI=1S/C7H11AsO5/c1-13-6-4-2-3-5-7(6,9)8(10,11)12/h2-6,9H,1H3,(H2,10,11,12). The van der Waals surface area contributed by atoms with E-state index >= 15 is 0 Å². The van der Waals surface area contributed by atoms with Crippen molar-refractivity contribution >= 4 is 14.2 Å². The van der Waals surface area contributed by atoms with Crippen LogP contribution in [0.15, 0.2) is 24.3 Å². The first kappa shape index (κ1) is 10.8. The Labute approximate surface area is 78.3 Å². The molecule has 13 heavy (non-hydrogen) atoms. The van der Waals surface area contributed by atoms with Crippen LogP contribution in [-0.2, 0) is 8.48 Å². The minimum absolute atomic E-state index is 0.988. The molecule has 1 rings (SSSR count). The Bertz CT molecular complexity index is 291. The molecule has 6 heteroatoms. The summed E-state index contributed by atoms with van der Waals surface area (Å²) in [6.07, 6.45) is 4.43. The Balaban J connectivity index is 3.07. The minimum atomic E-state index is -5.27. The Morgan fingerprint density at radius 1 is 1.46 bits per heavy atom. The number of methoxy groups -OCH3 is 1. The third-order valence-electron chi connectivity index (χ3n) is 1.88. The van der Waals surface area contributed by atoms with Gasteiger partial charge in [-0.2, -0.15) is 0 Å². The van der Waals surface area contributed by atoms with Gasteiger partial charge < -0.3 is 0 Å². The van der Waals surface area contributed by atoms with E-state index in [1.54, 1.807) is 6.08 Å². The Kier molecular flexibility index (Phi) is 2.85. The normalized spacial score (nSPS) is 33.7. The first-order chi connectivity index (χ1) is 5.92. The van der Waals surface area contributed by atoms with Gasteiger partial charge in [0.2, 0.25) is 0 Å². The molecule has 0 fully saturated rings. The zero-order chi connectivity index (χ0) is 10.1. The molecule has 0 heterocycles. The number of rotatable bonds is 2. The van der Waals surface area contributed by atoms with Crippen LogP contribution in [-0.4, -0.2) is 45.1 Å². The molecule has 0 aromatic carbocycles.